The van der Waals surface area contributed by atoms with Gasteiger partial charge in [0.25, 0.3) is 0 Å². The van der Waals surface area contributed by atoms with E-state index in [9.17, 15) is 9.59 Å². The third-order valence-corrected chi connectivity index (χ3v) is 3.72. The van der Waals surface area contributed by atoms with Crippen LogP contribution in [0.1, 0.15) is 52.9 Å². The number of rotatable bonds is 6. The predicted octanol–water partition coefficient (Wildman–Crippen LogP) is 2.28. The molecule has 0 spiro atoms. The minimum absolute atomic E-state index is 0.0161. The number of carbonyl (C=O) groups is 2. The van der Waals surface area contributed by atoms with E-state index in [1.165, 1.54) is 0 Å². The largest absolute Gasteiger partial charge is 0.342 e. The first-order valence-corrected chi connectivity index (χ1v) is 7.70. The fraction of sp³-hybridized carbons (Fsp3) is 0.867. The lowest BCUT2D eigenvalue weighted by atomic mass is 9.96. The van der Waals surface area contributed by atoms with Gasteiger partial charge in [-0.15, -0.1) is 0 Å². The first kappa shape index (κ1) is 16.0. The van der Waals surface area contributed by atoms with Gasteiger partial charge in [0.1, 0.15) is 0 Å². The molecule has 0 aromatic carbocycles. The van der Waals surface area contributed by atoms with Crippen LogP contribution in [-0.4, -0.2) is 47.8 Å². The Kier molecular flexibility index (Phi) is 6.89. The number of piperidine rings is 1. The molecule has 1 aliphatic heterocycles. The zero-order valence-corrected chi connectivity index (χ0v) is 12.7. The quantitative estimate of drug-likeness (QED) is 0.741. The van der Waals surface area contributed by atoms with Crippen molar-refractivity contribution in [3.8, 4) is 0 Å². The molecule has 0 aromatic rings. The fourth-order valence-corrected chi connectivity index (χ4v) is 2.76. The van der Waals surface area contributed by atoms with Crippen molar-refractivity contribution >= 4 is 11.8 Å². The second kappa shape index (κ2) is 8.18. The van der Waals surface area contributed by atoms with E-state index in [0.717, 1.165) is 45.3 Å². The lowest BCUT2D eigenvalue weighted by Crippen LogP contribution is -2.47. The van der Waals surface area contributed by atoms with Gasteiger partial charge in [-0.05, 0) is 25.7 Å². The molecule has 1 atom stereocenters. The fourth-order valence-electron chi connectivity index (χ4n) is 2.76. The molecule has 0 aliphatic carbocycles. The van der Waals surface area contributed by atoms with Gasteiger partial charge >= 0.3 is 0 Å². The van der Waals surface area contributed by atoms with Gasteiger partial charge in [-0.3, -0.25) is 9.59 Å². The van der Waals surface area contributed by atoms with Crippen LogP contribution in [0.5, 0.6) is 0 Å². The Bertz CT molecular complexity index is 299. The van der Waals surface area contributed by atoms with Gasteiger partial charge in [-0.1, -0.05) is 20.8 Å². The summed E-state index contributed by atoms with van der Waals surface area (Å²) in [6, 6.07) is 0. The predicted molar refractivity (Wildman–Crippen MR) is 76.8 cm³/mol. The number of hydrogen-bond donors (Lipinski definition) is 0. The Hall–Kier alpha value is -1.06. The molecule has 1 aliphatic rings. The molecule has 2 amide bonds. The molecule has 1 fully saturated rings. The summed E-state index contributed by atoms with van der Waals surface area (Å²) in [5, 5.41) is 0. The van der Waals surface area contributed by atoms with Gasteiger partial charge in [0.2, 0.25) is 11.8 Å². The van der Waals surface area contributed by atoms with E-state index in [1.54, 1.807) is 0 Å². The van der Waals surface area contributed by atoms with Gasteiger partial charge < -0.3 is 9.80 Å². The Morgan fingerprint density at radius 2 is 1.79 bits per heavy atom. The van der Waals surface area contributed by atoms with Crippen LogP contribution in [0.15, 0.2) is 0 Å². The molecule has 0 N–H and O–H groups in total. The molecule has 110 valence electrons. The summed E-state index contributed by atoms with van der Waals surface area (Å²) >= 11 is 0. The maximum atomic E-state index is 12.5. The maximum absolute atomic E-state index is 12.5. The van der Waals surface area contributed by atoms with E-state index in [2.05, 4.69) is 13.8 Å². The lowest BCUT2D eigenvalue weighted by Gasteiger charge is -2.35. The molecular formula is C15H28N2O2. The molecule has 4 heteroatoms. The van der Waals surface area contributed by atoms with Crippen LogP contribution in [0.3, 0.4) is 0 Å². The van der Waals surface area contributed by atoms with Crippen LogP contribution in [0.25, 0.3) is 0 Å². The molecular weight excluding hydrogens is 240 g/mol. The van der Waals surface area contributed by atoms with Crippen molar-refractivity contribution in [3.05, 3.63) is 0 Å². The second-order valence-electron chi connectivity index (χ2n) is 5.36. The third-order valence-electron chi connectivity index (χ3n) is 3.72. The summed E-state index contributed by atoms with van der Waals surface area (Å²) in [5.41, 5.74) is 0. The number of hydrogen-bond acceptors (Lipinski definition) is 2. The summed E-state index contributed by atoms with van der Waals surface area (Å²) in [6.07, 6.45) is 4.41. The number of likely N-dealkylation sites (tertiary alicyclic amines) is 1. The monoisotopic (exact) mass is 268 g/mol. The summed E-state index contributed by atoms with van der Waals surface area (Å²) in [4.78, 5) is 28.1. The molecule has 0 saturated carbocycles. The highest BCUT2D eigenvalue weighted by Crippen LogP contribution is 2.20. The van der Waals surface area contributed by atoms with E-state index in [1.807, 2.05) is 16.7 Å². The lowest BCUT2D eigenvalue weighted by molar-refractivity contribution is -0.140. The summed E-state index contributed by atoms with van der Waals surface area (Å²) in [6.45, 7) is 9.20. The second-order valence-corrected chi connectivity index (χ2v) is 5.36. The molecule has 0 aromatic heterocycles. The molecule has 0 bridgehead atoms. The van der Waals surface area contributed by atoms with Crippen molar-refractivity contribution < 1.29 is 9.59 Å². The molecule has 1 unspecified atom stereocenters. The highest BCUT2D eigenvalue weighted by molar-refractivity contribution is 5.81. The Labute approximate surface area is 117 Å². The van der Waals surface area contributed by atoms with Crippen LogP contribution in [0.4, 0.5) is 0 Å². The third kappa shape index (κ3) is 4.51. The van der Waals surface area contributed by atoms with Crippen molar-refractivity contribution in [1.29, 1.82) is 0 Å². The minimum atomic E-state index is 0.0161. The van der Waals surface area contributed by atoms with Crippen molar-refractivity contribution in [3.63, 3.8) is 0 Å². The molecule has 1 rings (SSSR count). The van der Waals surface area contributed by atoms with Crippen molar-refractivity contribution in [2.24, 2.45) is 5.92 Å². The summed E-state index contributed by atoms with van der Waals surface area (Å²) < 4.78 is 0. The molecule has 0 radical (unpaired) electrons. The first-order valence-electron chi connectivity index (χ1n) is 7.70. The van der Waals surface area contributed by atoms with Gasteiger partial charge in [-0.25, -0.2) is 0 Å². The minimum Gasteiger partial charge on any atom is -0.342 e. The normalized spacial score (nSPS) is 19.3. The number of amides is 2. The molecule has 4 nitrogen and oxygen atoms in total. The van der Waals surface area contributed by atoms with Gasteiger partial charge in [0.05, 0.1) is 5.92 Å². The zero-order chi connectivity index (χ0) is 14.3. The summed E-state index contributed by atoms with van der Waals surface area (Å²) in [5.74, 6) is 0.440. The summed E-state index contributed by atoms with van der Waals surface area (Å²) in [7, 11) is 0. The van der Waals surface area contributed by atoms with E-state index in [4.69, 9.17) is 0 Å². The Morgan fingerprint density at radius 1 is 1.16 bits per heavy atom. The van der Waals surface area contributed by atoms with E-state index >= 15 is 0 Å². The van der Waals surface area contributed by atoms with Crippen molar-refractivity contribution in [2.45, 2.75) is 52.9 Å². The molecule has 1 saturated heterocycles. The highest BCUT2D eigenvalue weighted by Gasteiger charge is 2.30. The molecule has 1 heterocycles. The number of carbonyl (C=O) groups excluding carboxylic acids is 2. The average Bonchev–Trinajstić information content (AvgIpc) is 2.45. The highest BCUT2D eigenvalue weighted by atomic mass is 16.2. The SMILES string of the molecule is CCCN(CCC)C(=O)C1CCCN(C(=O)CC)C1. The van der Waals surface area contributed by atoms with Crippen LogP contribution in [0.2, 0.25) is 0 Å². The van der Waals surface area contributed by atoms with E-state index < -0.39 is 0 Å². The van der Waals surface area contributed by atoms with Gasteiger partial charge in [0.15, 0.2) is 0 Å². The van der Waals surface area contributed by atoms with Gasteiger partial charge in [0, 0.05) is 32.6 Å². The average molecular weight is 268 g/mol. The topological polar surface area (TPSA) is 40.6 Å². The smallest absolute Gasteiger partial charge is 0.227 e. The van der Waals surface area contributed by atoms with Crippen LogP contribution >= 0.6 is 0 Å². The zero-order valence-electron chi connectivity index (χ0n) is 12.7. The van der Waals surface area contributed by atoms with Crippen molar-refractivity contribution in [1.82, 2.24) is 9.80 Å². The standard InChI is InChI=1S/C15H28N2O2/c1-4-9-16(10-5-2)15(19)13-8-7-11-17(12-13)14(18)6-3/h13H,4-12H2,1-3H3. The van der Waals surface area contributed by atoms with Crippen LogP contribution < -0.4 is 0 Å². The maximum Gasteiger partial charge on any atom is 0.227 e. The van der Waals surface area contributed by atoms with E-state index in [0.29, 0.717) is 13.0 Å². The van der Waals surface area contributed by atoms with Crippen molar-refractivity contribution in [2.75, 3.05) is 26.2 Å². The van der Waals surface area contributed by atoms with Gasteiger partial charge in [-0.2, -0.15) is 0 Å². The van der Waals surface area contributed by atoms with E-state index in [-0.39, 0.29) is 17.7 Å². The Morgan fingerprint density at radius 3 is 2.32 bits per heavy atom. The van der Waals surface area contributed by atoms with Crippen LogP contribution in [-0.2, 0) is 9.59 Å². The molecule has 19 heavy (non-hydrogen) atoms. The first-order chi connectivity index (χ1) is 9.13. The number of nitrogens with zero attached hydrogens (tertiary/aromatic N) is 2. The van der Waals surface area contributed by atoms with Crippen LogP contribution in [0, 0.1) is 5.92 Å². The Balaban J connectivity index is 2.61.